The normalized spacial score (nSPS) is 19.4. The van der Waals surface area contributed by atoms with Crippen molar-refractivity contribution in [1.29, 1.82) is 0 Å². The topological polar surface area (TPSA) is 54.0 Å². The summed E-state index contributed by atoms with van der Waals surface area (Å²) in [6, 6.07) is 9.50. The number of carbonyl (C=O) groups is 1. The smallest absolute Gasteiger partial charge is 0.334 e. The molecule has 2 rings (SSSR count). The second kappa shape index (κ2) is 7.67. The third-order valence-electron chi connectivity index (χ3n) is 2.65. The van der Waals surface area contributed by atoms with Crippen molar-refractivity contribution in [3.63, 3.8) is 0 Å². The Morgan fingerprint density at radius 2 is 2.15 bits per heavy atom. The first-order valence-corrected chi connectivity index (χ1v) is 6.49. The predicted molar refractivity (Wildman–Crippen MR) is 71.6 cm³/mol. The number of benzene rings is 1. The lowest BCUT2D eigenvalue weighted by Gasteiger charge is -2.23. The molecule has 0 aromatic heterocycles. The fourth-order valence-corrected chi connectivity index (χ4v) is 1.71. The van der Waals surface area contributed by atoms with Crippen molar-refractivity contribution in [3.8, 4) is 0 Å². The Hall–Kier alpha value is -1.85. The van der Waals surface area contributed by atoms with E-state index in [-0.39, 0.29) is 6.61 Å². The molecule has 1 saturated heterocycles. The molecule has 1 aliphatic heterocycles. The number of hydrogen-bond donors (Lipinski definition) is 0. The van der Waals surface area contributed by atoms with Gasteiger partial charge in [-0.25, -0.2) is 4.79 Å². The third kappa shape index (κ3) is 5.03. The summed E-state index contributed by atoms with van der Waals surface area (Å²) in [5.41, 5.74) is 0.942. The second-order valence-corrected chi connectivity index (χ2v) is 4.34. The molecule has 20 heavy (non-hydrogen) atoms. The van der Waals surface area contributed by atoms with Crippen LogP contribution >= 0.6 is 0 Å². The highest BCUT2D eigenvalue weighted by atomic mass is 16.7. The van der Waals surface area contributed by atoms with Crippen molar-refractivity contribution >= 4 is 5.97 Å². The molecular formula is C15H18O5. The minimum atomic E-state index is -0.457. The zero-order chi connectivity index (χ0) is 14.2. The Labute approximate surface area is 118 Å². The summed E-state index contributed by atoms with van der Waals surface area (Å²) in [7, 11) is 0. The molecule has 0 aliphatic carbocycles. The van der Waals surface area contributed by atoms with Crippen LogP contribution < -0.4 is 0 Å². The first-order valence-electron chi connectivity index (χ1n) is 6.49. The zero-order valence-corrected chi connectivity index (χ0v) is 11.4. The van der Waals surface area contributed by atoms with E-state index in [1.54, 1.807) is 6.92 Å². The van der Waals surface area contributed by atoms with Gasteiger partial charge in [-0.05, 0) is 12.5 Å². The van der Waals surface area contributed by atoms with Crippen LogP contribution in [0.5, 0.6) is 0 Å². The molecule has 1 atom stereocenters. The van der Waals surface area contributed by atoms with E-state index in [2.05, 4.69) is 0 Å². The Kier molecular flexibility index (Phi) is 5.58. The van der Waals surface area contributed by atoms with Crippen molar-refractivity contribution in [2.75, 3.05) is 19.8 Å². The first kappa shape index (κ1) is 14.6. The Morgan fingerprint density at radius 1 is 1.35 bits per heavy atom. The summed E-state index contributed by atoms with van der Waals surface area (Å²) in [4.78, 5) is 11.6. The van der Waals surface area contributed by atoms with Gasteiger partial charge in [0, 0.05) is 0 Å². The molecule has 0 radical (unpaired) electrons. The maximum absolute atomic E-state index is 11.6. The van der Waals surface area contributed by atoms with Gasteiger partial charge in [0.05, 0.1) is 19.3 Å². The molecule has 1 fully saturated rings. The van der Waals surface area contributed by atoms with Crippen molar-refractivity contribution in [1.82, 2.24) is 0 Å². The summed E-state index contributed by atoms with van der Waals surface area (Å²) >= 11 is 0. The number of hydrogen-bond acceptors (Lipinski definition) is 5. The average Bonchev–Trinajstić information content (AvgIpc) is 2.47. The first-order chi connectivity index (χ1) is 9.74. The molecule has 1 aliphatic rings. The molecule has 1 aromatic carbocycles. The lowest BCUT2D eigenvalue weighted by atomic mass is 10.2. The Bertz CT molecular complexity index is 449. The zero-order valence-electron chi connectivity index (χ0n) is 11.4. The Morgan fingerprint density at radius 3 is 2.85 bits per heavy atom. The number of allylic oxidation sites excluding steroid dienone is 1. The van der Waals surface area contributed by atoms with Gasteiger partial charge >= 0.3 is 5.97 Å². The molecular weight excluding hydrogens is 260 g/mol. The summed E-state index contributed by atoms with van der Waals surface area (Å²) in [5.74, 6) is 0.00152. The molecule has 0 bridgehead atoms. The Balaban J connectivity index is 1.75. The number of esters is 1. The van der Waals surface area contributed by atoms with Crippen LogP contribution in [0, 0.1) is 0 Å². The highest BCUT2D eigenvalue weighted by molar-refractivity contribution is 5.82. The van der Waals surface area contributed by atoms with Gasteiger partial charge in [0.25, 0.3) is 0 Å². The standard InChI is InChI=1S/C15H18O5/c1-12(20-15-11-17-7-8-18-15)9-14(16)19-10-13-5-3-2-4-6-13/h2-6,9,15H,7-8,10-11H2,1H3/b12-9-. The number of rotatable bonds is 5. The molecule has 0 amide bonds. The SMILES string of the molecule is C/C(=C/C(=O)OCc1ccccc1)OC1COCCO1. The van der Waals surface area contributed by atoms with E-state index in [0.29, 0.717) is 25.6 Å². The molecule has 5 heteroatoms. The van der Waals surface area contributed by atoms with Crippen molar-refractivity contribution in [2.24, 2.45) is 0 Å². The molecule has 1 heterocycles. The molecule has 1 unspecified atom stereocenters. The van der Waals surface area contributed by atoms with Crippen LogP contribution in [-0.4, -0.2) is 32.1 Å². The minimum Gasteiger partial charge on any atom is -0.467 e. The van der Waals surface area contributed by atoms with E-state index >= 15 is 0 Å². The molecule has 5 nitrogen and oxygen atoms in total. The van der Waals surface area contributed by atoms with E-state index < -0.39 is 12.3 Å². The van der Waals surface area contributed by atoms with Crippen molar-refractivity contribution in [2.45, 2.75) is 19.8 Å². The second-order valence-electron chi connectivity index (χ2n) is 4.34. The van der Waals surface area contributed by atoms with Crippen LogP contribution in [0.15, 0.2) is 42.2 Å². The van der Waals surface area contributed by atoms with Gasteiger partial charge in [0.15, 0.2) is 0 Å². The quantitative estimate of drug-likeness (QED) is 0.468. The number of ether oxygens (including phenoxy) is 4. The lowest BCUT2D eigenvalue weighted by molar-refractivity contribution is -0.194. The summed E-state index contributed by atoms with van der Waals surface area (Å²) in [6.07, 6.45) is 0.850. The largest absolute Gasteiger partial charge is 0.467 e. The van der Waals surface area contributed by atoms with Gasteiger partial charge in [0.2, 0.25) is 6.29 Å². The summed E-state index contributed by atoms with van der Waals surface area (Å²) in [6.45, 7) is 3.36. The molecule has 108 valence electrons. The average molecular weight is 278 g/mol. The maximum atomic E-state index is 11.6. The van der Waals surface area contributed by atoms with E-state index in [1.165, 1.54) is 6.08 Å². The van der Waals surface area contributed by atoms with Crippen LogP contribution in [0.3, 0.4) is 0 Å². The summed E-state index contributed by atoms with van der Waals surface area (Å²) < 4.78 is 21.1. The molecule has 1 aromatic rings. The van der Waals surface area contributed by atoms with Crippen LogP contribution in [0.2, 0.25) is 0 Å². The van der Waals surface area contributed by atoms with Gasteiger partial charge in [-0.15, -0.1) is 0 Å². The third-order valence-corrected chi connectivity index (χ3v) is 2.65. The summed E-state index contributed by atoms with van der Waals surface area (Å²) in [5, 5.41) is 0. The highest BCUT2D eigenvalue weighted by Gasteiger charge is 2.15. The highest BCUT2D eigenvalue weighted by Crippen LogP contribution is 2.09. The van der Waals surface area contributed by atoms with E-state index in [9.17, 15) is 4.79 Å². The van der Waals surface area contributed by atoms with Gasteiger partial charge in [0.1, 0.15) is 19.0 Å². The van der Waals surface area contributed by atoms with E-state index in [1.807, 2.05) is 30.3 Å². The van der Waals surface area contributed by atoms with E-state index in [0.717, 1.165) is 5.56 Å². The lowest BCUT2D eigenvalue weighted by Crippen LogP contribution is -2.30. The van der Waals surface area contributed by atoms with Crippen LogP contribution in [0.25, 0.3) is 0 Å². The van der Waals surface area contributed by atoms with Crippen molar-refractivity contribution in [3.05, 3.63) is 47.7 Å². The van der Waals surface area contributed by atoms with E-state index in [4.69, 9.17) is 18.9 Å². The fourth-order valence-electron chi connectivity index (χ4n) is 1.71. The monoisotopic (exact) mass is 278 g/mol. The van der Waals surface area contributed by atoms with Gasteiger partial charge in [-0.1, -0.05) is 30.3 Å². The molecule has 0 N–H and O–H groups in total. The number of carbonyl (C=O) groups excluding carboxylic acids is 1. The van der Waals surface area contributed by atoms with Gasteiger partial charge in [-0.2, -0.15) is 0 Å². The minimum absolute atomic E-state index is 0.243. The predicted octanol–water partition coefficient (Wildman–Crippen LogP) is 2.02. The fraction of sp³-hybridized carbons (Fsp3) is 0.400. The van der Waals surface area contributed by atoms with Gasteiger partial charge < -0.3 is 18.9 Å². The van der Waals surface area contributed by atoms with Crippen LogP contribution in [0.4, 0.5) is 0 Å². The molecule has 0 saturated carbocycles. The van der Waals surface area contributed by atoms with Crippen molar-refractivity contribution < 1.29 is 23.7 Å². The van der Waals surface area contributed by atoms with Crippen LogP contribution in [0.1, 0.15) is 12.5 Å². The van der Waals surface area contributed by atoms with Gasteiger partial charge in [-0.3, -0.25) is 0 Å². The maximum Gasteiger partial charge on any atom is 0.334 e. The van der Waals surface area contributed by atoms with Crippen LogP contribution in [-0.2, 0) is 30.3 Å². The molecule has 0 spiro atoms.